The first-order valence-corrected chi connectivity index (χ1v) is 8.87. The molecule has 1 N–H and O–H groups in total. The number of amides is 1. The van der Waals surface area contributed by atoms with Gasteiger partial charge in [0.05, 0.1) is 11.3 Å². The van der Waals surface area contributed by atoms with Crippen molar-refractivity contribution in [2.75, 3.05) is 11.1 Å². The number of hydrogen-bond acceptors (Lipinski definition) is 6. The molecule has 25 heavy (non-hydrogen) atoms. The van der Waals surface area contributed by atoms with Gasteiger partial charge in [0.1, 0.15) is 0 Å². The molecule has 0 saturated carbocycles. The van der Waals surface area contributed by atoms with E-state index in [4.69, 9.17) is 4.42 Å². The minimum Gasteiger partial charge on any atom is -0.411 e. The predicted octanol–water partition coefficient (Wildman–Crippen LogP) is 3.99. The van der Waals surface area contributed by atoms with Crippen LogP contribution in [0, 0.1) is 0 Å². The molecule has 2 aromatic heterocycles. The van der Waals surface area contributed by atoms with Crippen LogP contribution in [0.2, 0.25) is 0 Å². The monoisotopic (exact) mass is 354 g/mol. The molecule has 1 aromatic carbocycles. The van der Waals surface area contributed by atoms with Crippen LogP contribution in [0.3, 0.4) is 0 Å². The van der Waals surface area contributed by atoms with Crippen molar-refractivity contribution in [3.05, 3.63) is 54.4 Å². The normalized spacial score (nSPS) is 10.8. The van der Waals surface area contributed by atoms with Crippen molar-refractivity contribution in [3.8, 4) is 11.5 Å². The molecule has 0 aliphatic rings. The van der Waals surface area contributed by atoms with E-state index in [2.05, 4.69) is 34.3 Å². The Hall–Kier alpha value is -2.67. The number of rotatable bonds is 6. The highest BCUT2D eigenvalue weighted by Crippen LogP contribution is 2.25. The lowest BCUT2D eigenvalue weighted by Gasteiger charge is -2.13. The molecule has 0 bridgehead atoms. The molecule has 3 aromatic rings. The number of carbonyl (C=O) groups excluding carboxylic acids is 1. The number of aromatic nitrogens is 3. The Bertz CT molecular complexity index is 849. The molecule has 0 saturated heterocycles. The van der Waals surface area contributed by atoms with E-state index in [1.807, 2.05) is 30.3 Å². The SMILES string of the molecule is CC(C)c1ccccc1NC(=O)CSc1nnc(-c2cccnc2)o1. The number of para-hydroxylation sites is 1. The number of thioether (sulfide) groups is 1. The highest BCUT2D eigenvalue weighted by atomic mass is 32.2. The zero-order valence-corrected chi connectivity index (χ0v) is 14.8. The van der Waals surface area contributed by atoms with Crippen molar-refractivity contribution in [1.29, 1.82) is 0 Å². The average Bonchev–Trinajstić information content (AvgIpc) is 3.10. The maximum atomic E-state index is 12.2. The molecule has 2 heterocycles. The number of carbonyl (C=O) groups is 1. The van der Waals surface area contributed by atoms with E-state index >= 15 is 0 Å². The third-order valence-corrected chi connectivity index (χ3v) is 4.32. The van der Waals surface area contributed by atoms with Crippen LogP contribution in [-0.2, 0) is 4.79 Å². The molecule has 3 rings (SSSR count). The van der Waals surface area contributed by atoms with Crippen LogP contribution in [0.4, 0.5) is 5.69 Å². The van der Waals surface area contributed by atoms with Gasteiger partial charge in [-0.2, -0.15) is 0 Å². The van der Waals surface area contributed by atoms with E-state index in [1.54, 1.807) is 18.5 Å². The Morgan fingerprint density at radius 1 is 1.20 bits per heavy atom. The van der Waals surface area contributed by atoms with Gasteiger partial charge in [-0.25, -0.2) is 0 Å². The van der Waals surface area contributed by atoms with Crippen LogP contribution in [0.1, 0.15) is 25.3 Å². The van der Waals surface area contributed by atoms with Crippen molar-refractivity contribution in [3.63, 3.8) is 0 Å². The molecule has 0 spiro atoms. The minimum atomic E-state index is -0.112. The number of hydrogen-bond donors (Lipinski definition) is 1. The molecular weight excluding hydrogens is 336 g/mol. The van der Waals surface area contributed by atoms with E-state index in [-0.39, 0.29) is 11.7 Å². The number of pyridine rings is 1. The van der Waals surface area contributed by atoms with Crippen molar-refractivity contribution < 1.29 is 9.21 Å². The van der Waals surface area contributed by atoms with E-state index in [9.17, 15) is 4.79 Å². The largest absolute Gasteiger partial charge is 0.411 e. The third-order valence-electron chi connectivity index (χ3n) is 3.50. The molecule has 7 heteroatoms. The van der Waals surface area contributed by atoms with Gasteiger partial charge >= 0.3 is 0 Å². The second kappa shape index (κ2) is 7.94. The molecule has 0 fully saturated rings. The average molecular weight is 354 g/mol. The number of benzene rings is 1. The fraction of sp³-hybridized carbons (Fsp3) is 0.222. The van der Waals surface area contributed by atoms with Crippen molar-refractivity contribution in [2.24, 2.45) is 0 Å². The van der Waals surface area contributed by atoms with Gasteiger partial charge in [0.2, 0.25) is 11.8 Å². The van der Waals surface area contributed by atoms with Crippen molar-refractivity contribution in [2.45, 2.75) is 25.0 Å². The van der Waals surface area contributed by atoms with Gasteiger partial charge in [-0.1, -0.05) is 43.8 Å². The first-order valence-electron chi connectivity index (χ1n) is 7.89. The van der Waals surface area contributed by atoms with Gasteiger partial charge in [-0.05, 0) is 29.7 Å². The zero-order valence-electron chi connectivity index (χ0n) is 14.0. The summed E-state index contributed by atoms with van der Waals surface area (Å²) in [5.74, 6) is 0.809. The maximum Gasteiger partial charge on any atom is 0.277 e. The van der Waals surface area contributed by atoms with Gasteiger partial charge in [0.25, 0.3) is 5.22 Å². The molecule has 0 aliphatic heterocycles. The highest BCUT2D eigenvalue weighted by Gasteiger charge is 2.13. The summed E-state index contributed by atoms with van der Waals surface area (Å²) in [6.07, 6.45) is 3.33. The van der Waals surface area contributed by atoms with Gasteiger partial charge in [0, 0.05) is 18.1 Å². The second-order valence-corrected chi connectivity index (χ2v) is 6.62. The number of nitrogens with zero attached hydrogens (tertiary/aromatic N) is 3. The molecule has 0 radical (unpaired) electrons. The molecule has 1 amide bonds. The van der Waals surface area contributed by atoms with E-state index in [1.165, 1.54) is 11.8 Å². The Kier molecular flexibility index (Phi) is 5.45. The lowest BCUT2D eigenvalue weighted by atomic mass is 10.0. The first kappa shape index (κ1) is 17.2. The first-order chi connectivity index (χ1) is 12.1. The standard InChI is InChI=1S/C18H18N4O2S/c1-12(2)14-7-3-4-8-15(14)20-16(23)11-25-18-22-21-17(24-18)13-6-5-9-19-10-13/h3-10,12H,11H2,1-2H3,(H,20,23). The molecule has 0 aliphatic carbocycles. The van der Waals surface area contributed by atoms with Crippen molar-refractivity contribution in [1.82, 2.24) is 15.2 Å². The van der Waals surface area contributed by atoms with Gasteiger partial charge in [0.15, 0.2) is 0 Å². The van der Waals surface area contributed by atoms with Gasteiger partial charge in [-0.3, -0.25) is 9.78 Å². The summed E-state index contributed by atoms with van der Waals surface area (Å²) in [4.78, 5) is 16.2. The Balaban J connectivity index is 1.59. The summed E-state index contributed by atoms with van der Waals surface area (Å²) < 4.78 is 5.55. The lowest BCUT2D eigenvalue weighted by Crippen LogP contribution is -2.15. The van der Waals surface area contributed by atoms with Crippen LogP contribution < -0.4 is 5.32 Å². The number of anilines is 1. The summed E-state index contributed by atoms with van der Waals surface area (Å²) in [5, 5.41) is 11.2. The summed E-state index contributed by atoms with van der Waals surface area (Å²) in [5.41, 5.74) is 2.69. The second-order valence-electron chi connectivity index (χ2n) is 5.69. The molecular formula is C18H18N4O2S. The molecule has 6 nitrogen and oxygen atoms in total. The summed E-state index contributed by atoms with van der Waals surface area (Å²) in [6.45, 7) is 4.19. The summed E-state index contributed by atoms with van der Waals surface area (Å²) >= 11 is 1.20. The van der Waals surface area contributed by atoms with Crippen LogP contribution in [-0.4, -0.2) is 26.8 Å². The predicted molar refractivity (Wildman–Crippen MR) is 97.4 cm³/mol. The smallest absolute Gasteiger partial charge is 0.277 e. The highest BCUT2D eigenvalue weighted by molar-refractivity contribution is 7.99. The summed E-state index contributed by atoms with van der Waals surface area (Å²) in [6, 6.07) is 11.4. The van der Waals surface area contributed by atoms with Gasteiger partial charge in [-0.15, -0.1) is 10.2 Å². The van der Waals surface area contributed by atoms with Crippen LogP contribution >= 0.6 is 11.8 Å². The fourth-order valence-corrected chi connectivity index (χ4v) is 2.87. The van der Waals surface area contributed by atoms with Crippen LogP contribution in [0.5, 0.6) is 0 Å². The minimum absolute atomic E-state index is 0.112. The van der Waals surface area contributed by atoms with E-state index < -0.39 is 0 Å². The zero-order chi connectivity index (χ0) is 17.6. The van der Waals surface area contributed by atoms with Crippen LogP contribution in [0.15, 0.2) is 58.4 Å². The quantitative estimate of drug-likeness (QED) is 0.674. The molecule has 0 unspecified atom stereocenters. The lowest BCUT2D eigenvalue weighted by molar-refractivity contribution is -0.113. The molecule has 0 atom stereocenters. The Morgan fingerprint density at radius 2 is 2.04 bits per heavy atom. The molecule has 128 valence electrons. The Morgan fingerprint density at radius 3 is 2.80 bits per heavy atom. The topological polar surface area (TPSA) is 80.9 Å². The van der Waals surface area contributed by atoms with Gasteiger partial charge < -0.3 is 9.73 Å². The maximum absolute atomic E-state index is 12.2. The van der Waals surface area contributed by atoms with E-state index in [0.29, 0.717) is 17.0 Å². The summed E-state index contributed by atoms with van der Waals surface area (Å²) in [7, 11) is 0. The Labute approximate surface area is 150 Å². The van der Waals surface area contributed by atoms with E-state index in [0.717, 1.165) is 16.8 Å². The fourth-order valence-electron chi connectivity index (χ4n) is 2.30. The van der Waals surface area contributed by atoms with Crippen LogP contribution in [0.25, 0.3) is 11.5 Å². The van der Waals surface area contributed by atoms with Crippen molar-refractivity contribution >= 4 is 23.4 Å². The third kappa shape index (κ3) is 4.45. The number of nitrogens with one attached hydrogen (secondary N) is 1.